The molecule has 1 aliphatic rings. The minimum atomic E-state index is -3.55. The van der Waals surface area contributed by atoms with Gasteiger partial charge in [-0.2, -0.15) is 9.29 Å². The number of piperidine rings is 1. The third-order valence-corrected chi connectivity index (χ3v) is 7.37. The fourth-order valence-electron chi connectivity index (χ4n) is 3.62. The minimum absolute atomic E-state index is 0.112. The fraction of sp³-hybridized carbons (Fsp3) is 0.450. The highest BCUT2D eigenvalue weighted by Gasteiger charge is 2.31. The van der Waals surface area contributed by atoms with Crippen molar-refractivity contribution in [2.45, 2.75) is 37.6 Å². The van der Waals surface area contributed by atoms with E-state index < -0.39 is 10.0 Å². The molecule has 1 aromatic carbocycles. The van der Waals surface area contributed by atoms with E-state index >= 15 is 0 Å². The first-order valence-electron chi connectivity index (χ1n) is 9.91. The van der Waals surface area contributed by atoms with Crippen LogP contribution in [-0.4, -0.2) is 45.5 Å². The standard InChI is InChI=1S/C20H24FN5O3S/c1-14-22-19(13-25(14)2)30(27,28)26-11-9-15(10-12-26)3-8-18-23-20(29-24-18)16-4-6-17(21)7-5-16/h4-7,13,15H,3,8-12H2,1-2H3. The van der Waals surface area contributed by atoms with E-state index in [1.807, 2.05) is 0 Å². The lowest BCUT2D eigenvalue weighted by atomic mass is 9.93. The summed E-state index contributed by atoms with van der Waals surface area (Å²) in [6.45, 7) is 2.75. The molecule has 1 saturated heterocycles. The van der Waals surface area contributed by atoms with Crippen LogP contribution < -0.4 is 0 Å². The van der Waals surface area contributed by atoms with Crippen LogP contribution in [0.3, 0.4) is 0 Å². The van der Waals surface area contributed by atoms with Gasteiger partial charge >= 0.3 is 0 Å². The van der Waals surface area contributed by atoms with Crippen molar-refractivity contribution in [3.63, 3.8) is 0 Å². The fourth-order valence-corrected chi connectivity index (χ4v) is 5.11. The summed E-state index contributed by atoms with van der Waals surface area (Å²) in [4.78, 5) is 8.55. The molecule has 0 spiro atoms. The van der Waals surface area contributed by atoms with Crippen LogP contribution in [0.25, 0.3) is 11.5 Å². The molecule has 3 aromatic rings. The maximum absolute atomic E-state index is 13.0. The SMILES string of the molecule is Cc1nc(S(=O)(=O)N2CCC(CCc3noc(-c4ccc(F)cc4)n3)CC2)cn1C. The number of nitrogens with zero attached hydrogens (tertiary/aromatic N) is 5. The summed E-state index contributed by atoms with van der Waals surface area (Å²) in [6, 6.07) is 5.92. The van der Waals surface area contributed by atoms with Gasteiger partial charge in [0, 0.05) is 38.3 Å². The minimum Gasteiger partial charge on any atom is -0.337 e. The van der Waals surface area contributed by atoms with Crippen molar-refractivity contribution < 1.29 is 17.3 Å². The molecule has 30 heavy (non-hydrogen) atoms. The molecule has 0 saturated carbocycles. The number of aryl methyl sites for hydroxylation is 3. The van der Waals surface area contributed by atoms with Crippen molar-refractivity contribution in [2.75, 3.05) is 13.1 Å². The van der Waals surface area contributed by atoms with E-state index in [2.05, 4.69) is 15.1 Å². The average molecular weight is 434 g/mol. The van der Waals surface area contributed by atoms with Crippen molar-refractivity contribution in [3.8, 4) is 11.5 Å². The Hall–Kier alpha value is -2.59. The summed E-state index contributed by atoms with van der Waals surface area (Å²) in [6.07, 6.45) is 4.65. The topological polar surface area (TPSA) is 94.1 Å². The smallest absolute Gasteiger partial charge is 0.262 e. The summed E-state index contributed by atoms with van der Waals surface area (Å²) in [5.74, 6) is 1.73. The zero-order valence-corrected chi connectivity index (χ0v) is 17.8. The third kappa shape index (κ3) is 4.29. The van der Waals surface area contributed by atoms with E-state index in [9.17, 15) is 12.8 Å². The van der Waals surface area contributed by atoms with Crippen molar-refractivity contribution in [3.05, 3.63) is 47.9 Å². The van der Waals surface area contributed by atoms with E-state index in [4.69, 9.17) is 4.52 Å². The molecule has 8 nitrogen and oxygen atoms in total. The summed E-state index contributed by atoms with van der Waals surface area (Å²) in [7, 11) is -1.76. The Morgan fingerprint density at radius 2 is 1.87 bits per heavy atom. The Labute approximate surface area is 174 Å². The number of halogens is 1. The number of hydrogen-bond acceptors (Lipinski definition) is 6. The van der Waals surface area contributed by atoms with Crippen LogP contribution in [0.5, 0.6) is 0 Å². The lowest BCUT2D eigenvalue weighted by molar-refractivity contribution is 0.262. The Morgan fingerprint density at radius 1 is 1.17 bits per heavy atom. The molecule has 0 amide bonds. The van der Waals surface area contributed by atoms with Crippen LogP contribution in [0.2, 0.25) is 0 Å². The zero-order valence-electron chi connectivity index (χ0n) is 17.0. The molecule has 2 aromatic heterocycles. The Morgan fingerprint density at radius 3 is 2.50 bits per heavy atom. The predicted molar refractivity (Wildman–Crippen MR) is 107 cm³/mol. The first kappa shape index (κ1) is 20.7. The molecule has 0 bridgehead atoms. The molecule has 10 heteroatoms. The largest absolute Gasteiger partial charge is 0.337 e. The lowest BCUT2D eigenvalue weighted by Gasteiger charge is -2.30. The van der Waals surface area contributed by atoms with Gasteiger partial charge in [-0.3, -0.25) is 0 Å². The van der Waals surface area contributed by atoms with Gasteiger partial charge in [-0.15, -0.1) is 0 Å². The molecule has 0 N–H and O–H groups in total. The average Bonchev–Trinajstić information content (AvgIpc) is 3.34. The van der Waals surface area contributed by atoms with E-state index in [-0.39, 0.29) is 10.8 Å². The van der Waals surface area contributed by atoms with Crippen LogP contribution in [0.1, 0.15) is 30.9 Å². The highest BCUT2D eigenvalue weighted by molar-refractivity contribution is 7.89. The molecule has 0 radical (unpaired) electrons. The van der Waals surface area contributed by atoms with Gasteiger partial charge in [0.05, 0.1) is 0 Å². The van der Waals surface area contributed by atoms with Crippen molar-refractivity contribution in [2.24, 2.45) is 13.0 Å². The second kappa shape index (κ2) is 8.27. The monoisotopic (exact) mass is 433 g/mol. The maximum atomic E-state index is 13.0. The normalized spacial score (nSPS) is 16.2. The van der Waals surface area contributed by atoms with E-state index in [1.165, 1.54) is 16.4 Å². The van der Waals surface area contributed by atoms with E-state index in [1.54, 1.807) is 36.9 Å². The first-order valence-corrected chi connectivity index (χ1v) is 11.4. The molecule has 4 rings (SSSR count). The van der Waals surface area contributed by atoms with Gasteiger partial charge in [-0.05, 0) is 56.4 Å². The van der Waals surface area contributed by atoms with Gasteiger partial charge in [0.1, 0.15) is 11.6 Å². The second-order valence-corrected chi connectivity index (χ2v) is 9.53. The quantitative estimate of drug-likeness (QED) is 0.593. The molecule has 0 atom stereocenters. The molecular weight excluding hydrogens is 409 g/mol. The van der Waals surface area contributed by atoms with Gasteiger partial charge in [0.2, 0.25) is 0 Å². The molecule has 0 aliphatic carbocycles. The highest BCUT2D eigenvalue weighted by Crippen LogP contribution is 2.26. The van der Waals surface area contributed by atoms with Crippen LogP contribution >= 0.6 is 0 Å². The predicted octanol–water partition coefficient (Wildman–Crippen LogP) is 2.95. The van der Waals surface area contributed by atoms with E-state index in [0.717, 1.165) is 19.3 Å². The van der Waals surface area contributed by atoms with E-state index in [0.29, 0.717) is 48.5 Å². The molecule has 3 heterocycles. The number of rotatable bonds is 6. The van der Waals surface area contributed by atoms with Crippen molar-refractivity contribution >= 4 is 10.0 Å². The van der Waals surface area contributed by atoms with Crippen LogP contribution in [0.15, 0.2) is 40.0 Å². The summed E-state index contributed by atoms with van der Waals surface area (Å²) >= 11 is 0. The molecule has 160 valence electrons. The highest BCUT2D eigenvalue weighted by atomic mass is 32.2. The molecular formula is C20H24FN5O3S. The van der Waals surface area contributed by atoms with Gasteiger partial charge < -0.3 is 9.09 Å². The Bertz CT molecular complexity index is 1100. The van der Waals surface area contributed by atoms with Crippen LogP contribution in [0, 0.1) is 18.7 Å². The van der Waals surface area contributed by atoms with Gasteiger partial charge in [-0.1, -0.05) is 5.16 Å². The molecule has 1 fully saturated rings. The molecule has 0 unspecified atom stereocenters. The number of imidazole rings is 1. The summed E-state index contributed by atoms with van der Waals surface area (Å²) in [5.41, 5.74) is 0.679. The lowest BCUT2D eigenvalue weighted by Crippen LogP contribution is -2.38. The van der Waals surface area contributed by atoms with Gasteiger partial charge in [0.15, 0.2) is 10.9 Å². The van der Waals surface area contributed by atoms with Crippen LogP contribution in [-0.2, 0) is 23.5 Å². The number of aromatic nitrogens is 4. The van der Waals surface area contributed by atoms with Crippen molar-refractivity contribution in [1.82, 2.24) is 24.0 Å². The first-order chi connectivity index (χ1) is 14.3. The van der Waals surface area contributed by atoms with Gasteiger partial charge in [0.25, 0.3) is 15.9 Å². The Balaban J connectivity index is 1.31. The maximum Gasteiger partial charge on any atom is 0.262 e. The van der Waals surface area contributed by atoms with Crippen LogP contribution in [0.4, 0.5) is 4.39 Å². The number of sulfonamides is 1. The molecule has 1 aliphatic heterocycles. The summed E-state index contributed by atoms with van der Waals surface area (Å²) in [5, 5.41) is 4.12. The Kier molecular flexibility index (Phi) is 5.70. The number of hydrogen-bond donors (Lipinski definition) is 0. The van der Waals surface area contributed by atoms with Crippen molar-refractivity contribution in [1.29, 1.82) is 0 Å². The van der Waals surface area contributed by atoms with Gasteiger partial charge in [-0.25, -0.2) is 17.8 Å². The second-order valence-electron chi connectivity index (χ2n) is 7.65. The third-order valence-electron chi connectivity index (χ3n) is 5.60. The zero-order chi connectivity index (χ0) is 21.3. The number of benzene rings is 1. The summed E-state index contributed by atoms with van der Waals surface area (Å²) < 4.78 is 47.1.